The van der Waals surface area contributed by atoms with E-state index in [1.165, 1.54) is 0 Å². The summed E-state index contributed by atoms with van der Waals surface area (Å²) in [5, 5.41) is 0. The molecule has 0 saturated heterocycles. The lowest BCUT2D eigenvalue weighted by molar-refractivity contribution is 0.313. The molecule has 4 heteroatoms. The van der Waals surface area contributed by atoms with Crippen molar-refractivity contribution in [2.45, 2.75) is 12.8 Å². The van der Waals surface area contributed by atoms with Crippen LogP contribution >= 0.6 is 23.4 Å². The Kier molecular flexibility index (Phi) is 6.50. The summed E-state index contributed by atoms with van der Waals surface area (Å²) in [5.74, 6) is 4.14. The highest BCUT2D eigenvalue weighted by molar-refractivity contribution is 7.99. The first-order valence-electron chi connectivity index (χ1n) is 5.25. The smallest absolute Gasteiger partial charge is 0.161 e. The molecule has 0 spiro atoms. The van der Waals surface area contributed by atoms with Crippen molar-refractivity contribution < 1.29 is 9.47 Å². The van der Waals surface area contributed by atoms with Crippen LogP contribution in [0.2, 0.25) is 0 Å². The van der Waals surface area contributed by atoms with Gasteiger partial charge in [0.2, 0.25) is 0 Å². The minimum absolute atomic E-state index is 0.488. The predicted molar refractivity (Wildman–Crippen MR) is 71.0 cm³/mol. The Labute approximate surface area is 106 Å². The maximum atomic E-state index is 5.75. The van der Waals surface area contributed by atoms with Gasteiger partial charge in [0.25, 0.3) is 0 Å². The van der Waals surface area contributed by atoms with E-state index in [0.29, 0.717) is 12.5 Å². The van der Waals surface area contributed by atoms with Crippen LogP contribution in [0.25, 0.3) is 0 Å². The average molecular weight is 261 g/mol. The van der Waals surface area contributed by atoms with E-state index in [1.807, 2.05) is 30.0 Å². The van der Waals surface area contributed by atoms with Crippen LogP contribution in [0.1, 0.15) is 12.5 Å². The molecule has 16 heavy (non-hydrogen) atoms. The van der Waals surface area contributed by atoms with Crippen LogP contribution < -0.4 is 9.47 Å². The van der Waals surface area contributed by atoms with E-state index >= 15 is 0 Å². The molecule has 0 bridgehead atoms. The van der Waals surface area contributed by atoms with Gasteiger partial charge in [-0.2, -0.15) is 11.8 Å². The number of thioether (sulfide) groups is 1. The molecule has 0 radical (unpaired) electrons. The third kappa shape index (κ3) is 4.14. The van der Waals surface area contributed by atoms with Crippen molar-refractivity contribution in [1.29, 1.82) is 0 Å². The second-order valence-corrected chi connectivity index (χ2v) is 4.83. The summed E-state index contributed by atoms with van der Waals surface area (Å²) in [6.07, 6.45) is 0. The molecule has 1 aromatic rings. The zero-order chi connectivity index (χ0) is 11.8. The lowest BCUT2D eigenvalue weighted by Gasteiger charge is -2.11. The molecular weight excluding hydrogens is 244 g/mol. The quantitative estimate of drug-likeness (QED) is 0.552. The first-order chi connectivity index (χ1) is 7.81. The second-order valence-electron chi connectivity index (χ2n) is 3.16. The van der Waals surface area contributed by atoms with E-state index in [9.17, 15) is 0 Å². The van der Waals surface area contributed by atoms with Gasteiger partial charge in [-0.3, -0.25) is 0 Å². The first kappa shape index (κ1) is 13.5. The van der Waals surface area contributed by atoms with E-state index < -0.39 is 0 Å². The third-order valence-corrected chi connectivity index (χ3v) is 3.24. The van der Waals surface area contributed by atoms with Gasteiger partial charge in [-0.15, -0.1) is 11.6 Å². The van der Waals surface area contributed by atoms with Gasteiger partial charge in [0.05, 0.1) is 13.7 Å². The van der Waals surface area contributed by atoms with Gasteiger partial charge in [-0.05, 0) is 23.4 Å². The van der Waals surface area contributed by atoms with Crippen molar-refractivity contribution in [1.82, 2.24) is 0 Å². The van der Waals surface area contributed by atoms with Crippen molar-refractivity contribution in [3.05, 3.63) is 23.8 Å². The molecule has 90 valence electrons. The number of alkyl halides is 1. The molecule has 1 aromatic carbocycles. The fourth-order valence-corrected chi connectivity index (χ4v) is 1.93. The molecule has 1 rings (SSSR count). The fourth-order valence-electron chi connectivity index (χ4n) is 1.27. The van der Waals surface area contributed by atoms with Crippen LogP contribution in [0.15, 0.2) is 18.2 Å². The zero-order valence-electron chi connectivity index (χ0n) is 9.66. The fraction of sp³-hybridized carbons (Fsp3) is 0.500. The highest BCUT2D eigenvalue weighted by Crippen LogP contribution is 2.28. The molecule has 0 fully saturated rings. The van der Waals surface area contributed by atoms with E-state index in [2.05, 4.69) is 6.92 Å². The molecule has 0 atom stereocenters. The second kappa shape index (κ2) is 7.69. The van der Waals surface area contributed by atoms with Gasteiger partial charge in [0, 0.05) is 11.6 Å². The molecule has 0 heterocycles. The summed E-state index contributed by atoms with van der Waals surface area (Å²) in [4.78, 5) is 0. The summed E-state index contributed by atoms with van der Waals surface area (Å²) in [6, 6.07) is 5.78. The molecule has 0 saturated carbocycles. The summed E-state index contributed by atoms with van der Waals surface area (Å²) in [7, 11) is 1.64. The Morgan fingerprint density at radius 2 is 2.12 bits per heavy atom. The minimum Gasteiger partial charge on any atom is -0.493 e. The van der Waals surface area contributed by atoms with Gasteiger partial charge < -0.3 is 9.47 Å². The maximum absolute atomic E-state index is 5.75. The Bertz CT molecular complexity index is 318. The first-order valence-corrected chi connectivity index (χ1v) is 6.94. The summed E-state index contributed by atoms with van der Waals surface area (Å²) in [6.45, 7) is 2.84. The van der Waals surface area contributed by atoms with Crippen LogP contribution in [-0.2, 0) is 5.88 Å². The molecule has 0 aliphatic carbocycles. The summed E-state index contributed by atoms with van der Waals surface area (Å²) < 4.78 is 10.9. The van der Waals surface area contributed by atoms with Crippen LogP contribution in [0.5, 0.6) is 11.5 Å². The van der Waals surface area contributed by atoms with E-state index in [-0.39, 0.29) is 0 Å². The molecule has 0 unspecified atom stereocenters. The Balaban J connectivity index is 2.57. The van der Waals surface area contributed by atoms with Crippen molar-refractivity contribution in [2.24, 2.45) is 0 Å². The topological polar surface area (TPSA) is 18.5 Å². The van der Waals surface area contributed by atoms with Gasteiger partial charge in [-0.25, -0.2) is 0 Å². The summed E-state index contributed by atoms with van der Waals surface area (Å²) in [5.41, 5.74) is 1.04. The van der Waals surface area contributed by atoms with E-state index in [0.717, 1.165) is 28.6 Å². The van der Waals surface area contributed by atoms with Crippen LogP contribution in [0, 0.1) is 0 Å². The van der Waals surface area contributed by atoms with Crippen LogP contribution in [-0.4, -0.2) is 25.2 Å². The normalized spacial score (nSPS) is 10.2. The van der Waals surface area contributed by atoms with Gasteiger partial charge >= 0.3 is 0 Å². The molecule has 0 N–H and O–H groups in total. The molecule has 0 aromatic heterocycles. The van der Waals surface area contributed by atoms with Gasteiger partial charge in [0.1, 0.15) is 0 Å². The lowest BCUT2D eigenvalue weighted by Crippen LogP contribution is -2.02. The highest BCUT2D eigenvalue weighted by Gasteiger charge is 2.04. The number of hydrogen-bond donors (Lipinski definition) is 0. The molecule has 0 aliphatic rings. The largest absolute Gasteiger partial charge is 0.493 e. The third-order valence-electron chi connectivity index (χ3n) is 2.07. The summed E-state index contributed by atoms with van der Waals surface area (Å²) >= 11 is 7.62. The SMILES string of the molecule is CCSCCOc1ccc(CCl)cc1OC. The average Bonchev–Trinajstić information content (AvgIpc) is 2.34. The number of hydrogen-bond acceptors (Lipinski definition) is 3. The van der Waals surface area contributed by atoms with E-state index in [1.54, 1.807) is 7.11 Å². The van der Waals surface area contributed by atoms with Crippen molar-refractivity contribution in [3.8, 4) is 11.5 Å². The molecular formula is C12H17ClO2S. The minimum atomic E-state index is 0.488. The van der Waals surface area contributed by atoms with E-state index in [4.69, 9.17) is 21.1 Å². The standard InChI is InChI=1S/C12H17ClO2S/c1-3-16-7-6-15-11-5-4-10(9-13)8-12(11)14-2/h4-5,8H,3,6-7,9H2,1-2H3. The molecule has 0 aliphatic heterocycles. The number of halogens is 1. The molecule has 2 nitrogen and oxygen atoms in total. The number of methoxy groups -OCH3 is 1. The monoisotopic (exact) mass is 260 g/mol. The van der Waals surface area contributed by atoms with Crippen molar-refractivity contribution in [2.75, 3.05) is 25.2 Å². The van der Waals surface area contributed by atoms with Crippen molar-refractivity contribution >= 4 is 23.4 Å². The van der Waals surface area contributed by atoms with Crippen molar-refractivity contribution in [3.63, 3.8) is 0 Å². The number of ether oxygens (including phenoxy) is 2. The predicted octanol–water partition coefficient (Wildman–Crippen LogP) is 3.57. The zero-order valence-corrected chi connectivity index (χ0v) is 11.2. The Morgan fingerprint density at radius 3 is 2.75 bits per heavy atom. The Morgan fingerprint density at radius 1 is 1.31 bits per heavy atom. The number of benzene rings is 1. The molecule has 0 amide bonds. The Hall–Kier alpha value is -0.540. The van der Waals surface area contributed by atoms with Crippen LogP contribution in [0.4, 0.5) is 0 Å². The van der Waals surface area contributed by atoms with Gasteiger partial charge in [-0.1, -0.05) is 13.0 Å². The highest BCUT2D eigenvalue weighted by atomic mass is 35.5. The van der Waals surface area contributed by atoms with Gasteiger partial charge in [0.15, 0.2) is 11.5 Å². The lowest BCUT2D eigenvalue weighted by atomic mass is 10.2. The van der Waals surface area contributed by atoms with Crippen LogP contribution in [0.3, 0.4) is 0 Å². The maximum Gasteiger partial charge on any atom is 0.161 e. The number of rotatable bonds is 7.